The lowest BCUT2D eigenvalue weighted by atomic mass is 10.0. The maximum Gasteiger partial charge on any atom is 0.191 e. The molecular formula is C22H43N5O. The molecule has 2 N–H and O–H groups in total. The van der Waals surface area contributed by atoms with Crippen LogP contribution < -0.4 is 10.6 Å². The molecule has 3 saturated heterocycles. The summed E-state index contributed by atoms with van der Waals surface area (Å²) in [4.78, 5) is 9.70. The fourth-order valence-corrected chi connectivity index (χ4v) is 4.77. The van der Waals surface area contributed by atoms with Gasteiger partial charge in [0.1, 0.15) is 0 Å². The molecule has 3 fully saturated rings. The topological polar surface area (TPSA) is 52.1 Å². The third-order valence-corrected chi connectivity index (χ3v) is 6.58. The number of unbranched alkanes of at least 4 members (excludes halogenated alkanes) is 2. The van der Waals surface area contributed by atoms with E-state index in [0.29, 0.717) is 6.04 Å². The van der Waals surface area contributed by atoms with Crippen LogP contribution in [0.5, 0.6) is 0 Å². The van der Waals surface area contributed by atoms with Gasteiger partial charge >= 0.3 is 0 Å². The molecule has 3 aliphatic heterocycles. The van der Waals surface area contributed by atoms with Gasteiger partial charge in [0.25, 0.3) is 0 Å². The second-order valence-corrected chi connectivity index (χ2v) is 8.91. The van der Waals surface area contributed by atoms with E-state index in [9.17, 15) is 0 Å². The minimum atomic E-state index is 0.557. The first-order valence-corrected chi connectivity index (χ1v) is 11.8. The van der Waals surface area contributed by atoms with E-state index in [1.165, 1.54) is 97.1 Å². The third kappa shape index (κ3) is 7.88. The monoisotopic (exact) mass is 393 g/mol. The zero-order valence-corrected chi connectivity index (χ0v) is 18.1. The lowest BCUT2D eigenvalue weighted by Gasteiger charge is -2.34. The molecule has 3 heterocycles. The average molecular weight is 394 g/mol. The Morgan fingerprint density at radius 2 is 1.79 bits per heavy atom. The first-order valence-electron chi connectivity index (χ1n) is 11.8. The Labute approximate surface area is 172 Å². The maximum atomic E-state index is 5.51. The lowest BCUT2D eigenvalue weighted by molar-refractivity contribution is 0.150. The van der Waals surface area contributed by atoms with Crippen LogP contribution in [0.15, 0.2) is 4.99 Å². The molecule has 0 aromatic heterocycles. The highest BCUT2D eigenvalue weighted by Gasteiger charge is 2.24. The van der Waals surface area contributed by atoms with E-state index in [1.807, 2.05) is 7.05 Å². The molecule has 0 bridgehead atoms. The van der Waals surface area contributed by atoms with E-state index < -0.39 is 0 Å². The van der Waals surface area contributed by atoms with Crippen LogP contribution in [0.3, 0.4) is 0 Å². The van der Waals surface area contributed by atoms with E-state index in [1.54, 1.807) is 0 Å². The van der Waals surface area contributed by atoms with Crippen molar-refractivity contribution in [2.24, 2.45) is 10.9 Å². The van der Waals surface area contributed by atoms with E-state index in [-0.39, 0.29) is 0 Å². The Balaban J connectivity index is 1.20. The van der Waals surface area contributed by atoms with Crippen molar-refractivity contribution in [2.45, 2.75) is 63.8 Å². The molecule has 0 aliphatic carbocycles. The number of hydrogen-bond acceptors (Lipinski definition) is 4. The lowest BCUT2D eigenvalue weighted by Crippen LogP contribution is -2.49. The standard InChI is InChI=1S/C22H43N5O/c1-23-22(24-11-4-2-5-12-26-13-6-3-7-14-26)25-21-8-15-27(16-9-21)18-20-10-17-28-19-20/h20-21H,2-19H2,1H3,(H2,23,24,25). The van der Waals surface area contributed by atoms with Gasteiger partial charge in [0.05, 0.1) is 6.61 Å². The number of likely N-dealkylation sites (tertiary alicyclic amines) is 2. The molecule has 0 saturated carbocycles. The number of guanidine groups is 1. The normalized spacial score (nSPS) is 25.9. The molecule has 1 unspecified atom stereocenters. The molecule has 0 aromatic carbocycles. The Morgan fingerprint density at radius 3 is 2.50 bits per heavy atom. The molecule has 3 rings (SSSR count). The Bertz CT molecular complexity index is 438. The summed E-state index contributed by atoms with van der Waals surface area (Å²) in [5.41, 5.74) is 0. The maximum absolute atomic E-state index is 5.51. The van der Waals surface area contributed by atoms with Gasteiger partial charge in [-0.15, -0.1) is 0 Å². The van der Waals surface area contributed by atoms with Gasteiger partial charge in [-0.1, -0.05) is 12.8 Å². The number of hydrogen-bond donors (Lipinski definition) is 2. The molecule has 1 atom stereocenters. The molecule has 0 aromatic rings. The summed E-state index contributed by atoms with van der Waals surface area (Å²) in [5.74, 6) is 1.74. The van der Waals surface area contributed by atoms with Crippen LogP contribution in [0.25, 0.3) is 0 Å². The zero-order valence-electron chi connectivity index (χ0n) is 18.1. The van der Waals surface area contributed by atoms with Crippen LogP contribution in [0, 0.1) is 5.92 Å². The van der Waals surface area contributed by atoms with Gasteiger partial charge in [-0.25, -0.2) is 0 Å². The molecule has 0 amide bonds. The van der Waals surface area contributed by atoms with Gasteiger partial charge in [-0.3, -0.25) is 4.99 Å². The highest BCUT2D eigenvalue weighted by molar-refractivity contribution is 5.79. The van der Waals surface area contributed by atoms with Gasteiger partial charge < -0.3 is 25.2 Å². The molecule has 6 heteroatoms. The van der Waals surface area contributed by atoms with Crippen molar-refractivity contribution in [3.05, 3.63) is 0 Å². The number of ether oxygens (including phenoxy) is 1. The van der Waals surface area contributed by atoms with Gasteiger partial charge in [0, 0.05) is 45.9 Å². The summed E-state index contributed by atoms with van der Waals surface area (Å²) in [7, 11) is 1.89. The first-order chi connectivity index (χ1) is 13.8. The Kier molecular flexibility index (Phi) is 9.88. The van der Waals surface area contributed by atoms with E-state index >= 15 is 0 Å². The molecule has 3 aliphatic rings. The fourth-order valence-electron chi connectivity index (χ4n) is 4.77. The molecule has 162 valence electrons. The van der Waals surface area contributed by atoms with Crippen LogP contribution in [0.1, 0.15) is 57.8 Å². The van der Waals surface area contributed by atoms with Crippen LogP contribution in [0.4, 0.5) is 0 Å². The predicted octanol–water partition coefficient (Wildman–Crippen LogP) is 2.31. The molecule has 0 radical (unpaired) electrons. The van der Waals surface area contributed by atoms with E-state index in [0.717, 1.165) is 31.6 Å². The smallest absolute Gasteiger partial charge is 0.191 e. The van der Waals surface area contributed by atoms with Gasteiger partial charge in [-0.05, 0) is 70.5 Å². The van der Waals surface area contributed by atoms with Crippen LogP contribution in [0.2, 0.25) is 0 Å². The second-order valence-electron chi connectivity index (χ2n) is 8.91. The van der Waals surface area contributed by atoms with Crippen LogP contribution in [-0.2, 0) is 4.74 Å². The Morgan fingerprint density at radius 1 is 0.964 bits per heavy atom. The summed E-state index contributed by atoms with van der Waals surface area (Å²) in [6, 6.07) is 0.557. The average Bonchev–Trinajstić information content (AvgIpc) is 3.25. The Hall–Kier alpha value is -0.850. The summed E-state index contributed by atoms with van der Waals surface area (Å²) < 4.78 is 5.51. The number of rotatable bonds is 9. The van der Waals surface area contributed by atoms with Crippen molar-refractivity contribution >= 4 is 5.96 Å². The minimum absolute atomic E-state index is 0.557. The quantitative estimate of drug-likeness (QED) is 0.358. The third-order valence-electron chi connectivity index (χ3n) is 6.58. The molecular weight excluding hydrogens is 350 g/mol. The SMILES string of the molecule is CN=C(NCCCCCN1CCCCC1)NC1CCN(CC2CCOC2)CC1. The summed E-state index contributed by atoms with van der Waals surface area (Å²) in [6.45, 7) is 10.5. The number of aliphatic imine (C=N–C) groups is 1. The van der Waals surface area contributed by atoms with Crippen molar-refractivity contribution in [3.8, 4) is 0 Å². The number of piperidine rings is 2. The summed E-state index contributed by atoms with van der Waals surface area (Å²) in [6.07, 6.45) is 11.8. The number of nitrogens with one attached hydrogen (secondary N) is 2. The van der Waals surface area contributed by atoms with Crippen molar-refractivity contribution in [2.75, 3.05) is 66.1 Å². The van der Waals surface area contributed by atoms with Crippen LogP contribution >= 0.6 is 0 Å². The zero-order chi connectivity index (χ0) is 19.4. The second kappa shape index (κ2) is 12.7. The first kappa shape index (κ1) is 21.8. The minimum Gasteiger partial charge on any atom is -0.381 e. The highest BCUT2D eigenvalue weighted by Crippen LogP contribution is 2.17. The van der Waals surface area contributed by atoms with E-state index in [2.05, 4.69) is 25.4 Å². The summed E-state index contributed by atoms with van der Waals surface area (Å²) >= 11 is 0. The predicted molar refractivity (Wildman–Crippen MR) is 117 cm³/mol. The van der Waals surface area contributed by atoms with Crippen molar-refractivity contribution in [3.63, 3.8) is 0 Å². The molecule has 0 spiro atoms. The molecule has 6 nitrogen and oxygen atoms in total. The fraction of sp³-hybridized carbons (Fsp3) is 0.955. The van der Waals surface area contributed by atoms with Gasteiger partial charge in [0.15, 0.2) is 5.96 Å². The van der Waals surface area contributed by atoms with Gasteiger partial charge in [0.2, 0.25) is 0 Å². The highest BCUT2D eigenvalue weighted by atomic mass is 16.5. The van der Waals surface area contributed by atoms with Crippen LogP contribution in [-0.4, -0.2) is 87.9 Å². The summed E-state index contributed by atoms with van der Waals surface area (Å²) in [5, 5.41) is 7.16. The number of nitrogens with zero attached hydrogens (tertiary/aromatic N) is 3. The van der Waals surface area contributed by atoms with Crippen molar-refractivity contribution in [1.82, 2.24) is 20.4 Å². The molecule has 28 heavy (non-hydrogen) atoms. The van der Waals surface area contributed by atoms with Crippen molar-refractivity contribution < 1.29 is 4.74 Å². The van der Waals surface area contributed by atoms with Gasteiger partial charge in [-0.2, -0.15) is 0 Å². The largest absolute Gasteiger partial charge is 0.381 e. The van der Waals surface area contributed by atoms with E-state index in [4.69, 9.17) is 4.74 Å². The van der Waals surface area contributed by atoms with Crippen molar-refractivity contribution in [1.29, 1.82) is 0 Å².